The standard InChI is InChI=1S/C19H21F2N3O4/c1-19(2,3)28-18(25)24-7-8-26-16(11-24)12-9-15(14(21)10-13(12)20)27-17-5-4-6-22-23-17/h4-6,9-10,16H,7-8,11H2,1-3H3. The lowest BCUT2D eigenvalue weighted by atomic mass is 10.1. The zero-order chi connectivity index (χ0) is 20.3. The molecule has 1 amide bonds. The minimum absolute atomic E-state index is 0.0684. The Kier molecular flexibility index (Phi) is 5.73. The average Bonchev–Trinajstić information content (AvgIpc) is 2.63. The molecule has 0 aliphatic carbocycles. The maximum absolute atomic E-state index is 14.4. The molecule has 0 bridgehead atoms. The predicted octanol–water partition coefficient (Wildman–Crippen LogP) is 3.86. The van der Waals surface area contributed by atoms with Crippen LogP contribution in [0.25, 0.3) is 0 Å². The summed E-state index contributed by atoms with van der Waals surface area (Å²) in [5.74, 6) is -1.82. The van der Waals surface area contributed by atoms with Crippen molar-refractivity contribution in [2.24, 2.45) is 0 Å². The zero-order valence-electron chi connectivity index (χ0n) is 15.8. The van der Waals surface area contributed by atoms with Crippen molar-refractivity contribution in [3.63, 3.8) is 0 Å². The van der Waals surface area contributed by atoms with E-state index in [-0.39, 0.29) is 30.3 Å². The van der Waals surface area contributed by atoms with E-state index in [0.29, 0.717) is 6.54 Å². The number of morpholine rings is 1. The maximum atomic E-state index is 14.4. The van der Waals surface area contributed by atoms with Gasteiger partial charge < -0.3 is 19.1 Å². The smallest absolute Gasteiger partial charge is 0.410 e. The van der Waals surface area contributed by atoms with Gasteiger partial charge in [-0.1, -0.05) is 0 Å². The van der Waals surface area contributed by atoms with Crippen molar-refractivity contribution in [3.05, 3.63) is 47.7 Å². The normalized spacial score (nSPS) is 17.3. The molecule has 28 heavy (non-hydrogen) atoms. The molecule has 0 saturated carbocycles. The van der Waals surface area contributed by atoms with Crippen LogP contribution < -0.4 is 4.74 Å². The molecule has 1 aromatic carbocycles. The number of carbonyl (C=O) groups is 1. The molecule has 0 spiro atoms. The van der Waals surface area contributed by atoms with Gasteiger partial charge in [-0.15, -0.1) is 5.10 Å². The van der Waals surface area contributed by atoms with Crippen molar-refractivity contribution in [2.75, 3.05) is 19.7 Å². The highest BCUT2D eigenvalue weighted by Gasteiger charge is 2.31. The molecule has 1 atom stereocenters. The van der Waals surface area contributed by atoms with E-state index in [1.807, 2.05) is 0 Å². The van der Waals surface area contributed by atoms with E-state index in [2.05, 4.69) is 10.2 Å². The van der Waals surface area contributed by atoms with Crippen LogP contribution in [-0.2, 0) is 9.47 Å². The predicted molar refractivity (Wildman–Crippen MR) is 95.0 cm³/mol. The summed E-state index contributed by atoms with van der Waals surface area (Å²) in [6.45, 7) is 5.87. The molecule has 2 heterocycles. The third kappa shape index (κ3) is 4.92. The molecule has 3 rings (SSSR count). The van der Waals surface area contributed by atoms with Crippen molar-refractivity contribution in [1.29, 1.82) is 0 Å². The highest BCUT2D eigenvalue weighted by atomic mass is 19.1. The summed E-state index contributed by atoms with van der Waals surface area (Å²) in [6, 6.07) is 5.00. The summed E-state index contributed by atoms with van der Waals surface area (Å²) in [7, 11) is 0. The molecule has 7 nitrogen and oxygen atoms in total. The van der Waals surface area contributed by atoms with Crippen LogP contribution >= 0.6 is 0 Å². The van der Waals surface area contributed by atoms with Gasteiger partial charge in [-0.25, -0.2) is 13.6 Å². The number of amides is 1. The minimum Gasteiger partial charge on any atom is -0.444 e. The fourth-order valence-electron chi connectivity index (χ4n) is 2.65. The number of ether oxygens (including phenoxy) is 3. The van der Waals surface area contributed by atoms with E-state index < -0.39 is 29.4 Å². The average molecular weight is 393 g/mol. The number of hydrogen-bond donors (Lipinski definition) is 0. The minimum atomic E-state index is -0.883. The molecule has 0 N–H and O–H groups in total. The van der Waals surface area contributed by atoms with Crippen LogP contribution in [0.15, 0.2) is 30.5 Å². The fraction of sp³-hybridized carbons (Fsp3) is 0.421. The molecule has 1 aromatic heterocycles. The van der Waals surface area contributed by atoms with Crippen LogP contribution in [0.4, 0.5) is 13.6 Å². The molecule has 1 unspecified atom stereocenters. The first-order valence-electron chi connectivity index (χ1n) is 8.77. The first kappa shape index (κ1) is 19.9. The van der Waals surface area contributed by atoms with Crippen molar-refractivity contribution in [1.82, 2.24) is 15.1 Å². The summed E-state index contributed by atoms with van der Waals surface area (Å²) in [6.07, 6.45) is 0.144. The van der Waals surface area contributed by atoms with Crippen LogP contribution in [0, 0.1) is 11.6 Å². The van der Waals surface area contributed by atoms with Gasteiger partial charge in [0.05, 0.1) is 13.2 Å². The Hall–Kier alpha value is -2.81. The van der Waals surface area contributed by atoms with Gasteiger partial charge in [-0.05, 0) is 32.9 Å². The molecule has 0 radical (unpaired) electrons. The van der Waals surface area contributed by atoms with E-state index in [1.54, 1.807) is 26.8 Å². The molecule has 1 aliphatic rings. The number of carbonyl (C=O) groups excluding carboxylic acids is 1. The highest BCUT2D eigenvalue weighted by molar-refractivity contribution is 5.68. The van der Waals surface area contributed by atoms with E-state index in [9.17, 15) is 13.6 Å². The third-order valence-corrected chi connectivity index (χ3v) is 3.88. The second-order valence-corrected chi connectivity index (χ2v) is 7.25. The second-order valence-electron chi connectivity index (χ2n) is 7.25. The molecular formula is C19H21F2N3O4. The number of hydrogen-bond acceptors (Lipinski definition) is 6. The number of benzene rings is 1. The fourth-order valence-corrected chi connectivity index (χ4v) is 2.65. The second kappa shape index (κ2) is 8.05. The summed E-state index contributed by atoms with van der Waals surface area (Å²) in [5, 5.41) is 7.36. The zero-order valence-corrected chi connectivity index (χ0v) is 15.8. The van der Waals surface area contributed by atoms with E-state index in [0.717, 1.165) is 6.07 Å². The Morgan fingerprint density at radius 1 is 1.29 bits per heavy atom. The van der Waals surface area contributed by atoms with Crippen molar-refractivity contribution >= 4 is 6.09 Å². The summed E-state index contributed by atoms with van der Waals surface area (Å²) < 4.78 is 44.9. The van der Waals surface area contributed by atoms with Gasteiger partial charge in [0, 0.05) is 30.4 Å². The third-order valence-electron chi connectivity index (χ3n) is 3.88. The topological polar surface area (TPSA) is 73.8 Å². The van der Waals surface area contributed by atoms with Gasteiger partial charge in [0.2, 0.25) is 5.88 Å². The van der Waals surface area contributed by atoms with Gasteiger partial charge >= 0.3 is 6.09 Å². The largest absolute Gasteiger partial charge is 0.444 e. The van der Waals surface area contributed by atoms with Crippen LogP contribution in [0.5, 0.6) is 11.6 Å². The molecular weight excluding hydrogens is 372 g/mol. The lowest BCUT2D eigenvalue weighted by Crippen LogP contribution is -2.44. The van der Waals surface area contributed by atoms with E-state index in [1.165, 1.54) is 23.2 Å². The lowest BCUT2D eigenvalue weighted by molar-refractivity contribution is -0.0444. The van der Waals surface area contributed by atoms with Crippen LogP contribution in [0.3, 0.4) is 0 Å². The van der Waals surface area contributed by atoms with Crippen LogP contribution in [0.1, 0.15) is 32.4 Å². The lowest BCUT2D eigenvalue weighted by Gasteiger charge is -2.34. The molecule has 1 fully saturated rings. The Labute approximate surface area is 161 Å². The van der Waals surface area contributed by atoms with Crippen molar-refractivity contribution in [3.8, 4) is 11.6 Å². The van der Waals surface area contributed by atoms with E-state index >= 15 is 0 Å². The number of rotatable bonds is 3. The monoisotopic (exact) mass is 393 g/mol. The molecule has 1 aliphatic heterocycles. The Morgan fingerprint density at radius 3 is 2.75 bits per heavy atom. The molecule has 9 heteroatoms. The molecule has 1 saturated heterocycles. The van der Waals surface area contributed by atoms with Crippen molar-refractivity contribution in [2.45, 2.75) is 32.5 Å². The summed E-state index contributed by atoms with van der Waals surface area (Å²) >= 11 is 0. The first-order valence-corrected chi connectivity index (χ1v) is 8.77. The Morgan fingerprint density at radius 2 is 2.07 bits per heavy atom. The SMILES string of the molecule is CC(C)(C)OC(=O)N1CCOC(c2cc(Oc3cccnn3)c(F)cc2F)C1. The molecule has 150 valence electrons. The van der Waals surface area contributed by atoms with Crippen LogP contribution in [-0.4, -0.2) is 46.5 Å². The van der Waals surface area contributed by atoms with Gasteiger partial charge in [0.25, 0.3) is 0 Å². The van der Waals surface area contributed by atoms with Gasteiger partial charge in [0.15, 0.2) is 11.6 Å². The highest BCUT2D eigenvalue weighted by Crippen LogP contribution is 2.32. The Bertz CT molecular complexity index is 843. The first-order chi connectivity index (χ1) is 13.2. The number of halogens is 2. The van der Waals surface area contributed by atoms with Gasteiger partial charge in [-0.2, -0.15) is 5.10 Å². The van der Waals surface area contributed by atoms with E-state index in [4.69, 9.17) is 14.2 Å². The molecule has 2 aromatic rings. The number of nitrogens with zero attached hydrogens (tertiary/aromatic N) is 3. The van der Waals surface area contributed by atoms with Crippen LogP contribution in [0.2, 0.25) is 0 Å². The van der Waals surface area contributed by atoms with Crippen molar-refractivity contribution < 1.29 is 27.8 Å². The maximum Gasteiger partial charge on any atom is 0.410 e. The van der Waals surface area contributed by atoms with Gasteiger partial charge in [-0.3, -0.25) is 0 Å². The number of aromatic nitrogens is 2. The summed E-state index contributed by atoms with van der Waals surface area (Å²) in [4.78, 5) is 13.7. The van der Waals surface area contributed by atoms with Gasteiger partial charge in [0.1, 0.15) is 17.5 Å². The summed E-state index contributed by atoms with van der Waals surface area (Å²) in [5.41, 5.74) is -0.572. The Balaban J connectivity index is 1.80. The quantitative estimate of drug-likeness (QED) is 0.789.